The Kier molecular flexibility index (Phi) is 3.40. The number of hydrogen-bond donors (Lipinski definition) is 1. The molecule has 0 amide bonds. The summed E-state index contributed by atoms with van der Waals surface area (Å²) in [7, 11) is 0. The van der Waals surface area contributed by atoms with Gasteiger partial charge in [0.15, 0.2) is 4.77 Å². The predicted octanol–water partition coefficient (Wildman–Crippen LogP) is 5.27. The lowest BCUT2D eigenvalue weighted by atomic mass is 10.1. The van der Waals surface area contributed by atoms with Gasteiger partial charge in [-0.05, 0) is 55.4 Å². The number of nitrogens with one attached hydrogen (secondary N) is 1. The Morgan fingerprint density at radius 2 is 1.85 bits per heavy atom. The normalized spacial score (nSPS) is 12.8. The highest BCUT2D eigenvalue weighted by Gasteiger charge is 2.13. The van der Waals surface area contributed by atoms with Gasteiger partial charge in [-0.25, -0.2) is 0 Å². The van der Waals surface area contributed by atoms with Gasteiger partial charge >= 0.3 is 0 Å². The van der Waals surface area contributed by atoms with E-state index in [0.29, 0.717) is 0 Å². The molecule has 0 bridgehead atoms. The molecule has 0 saturated carbocycles. The van der Waals surface area contributed by atoms with Crippen LogP contribution in [0.5, 0.6) is 0 Å². The van der Waals surface area contributed by atoms with E-state index in [0.717, 1.165) is 20.8 Å². The van der Waals surface area contributed by atoms with E-state index >= 15 is 0 Å². The Hall–Kier alpha value is -1.58. The van der Waals surface area contributed by atoms with Crippen LogP contribution in [0.3, 0.4) is 0 Å². The molecule has 4 heteroatoms. The molecular formula is C16H15ClN2S. The summed E-state index contributed by atoms with van der Waals surface area (Å²) >= 11 is 11.5. The average Bonchev–Trinajstić information content (AvgIpc) is 2.77. The lowest BCUT2D eigenvalue weighted by Gasteiger charge is -2.15. The summed E-state index contributed by atoms with van der Waals surface area (Å²) in [6.45, 7) is 4.24. The van der Waals surface area contributed by atoms with E-state index in [4.69, 9.17) is 23.8 Å². The van der Waals surface area contributed by atoms with Gasteiger partial charge in [-0.2, -0.15) is 0 Å². The smallest absolute Gasteiger partial charge is 0.178 e. The minimum atomic E-state index is 0.162. The third-order valence-electron chi connectivity index (χ3n) is 3.70. The maximum absolute atomic E-state index is 5.95. The van der Waals surface area contributed by atoms with E-state index in [1.807, 2.05) is 24.3 Å². The van der Waals surface area contributed by atoms with Crippen molar-refractivity contribution >= 4 is 34.9 Å². The molecule has 1 aromatic heterocycles. The monoisotopic (exact) mass is 302 g/mol. The van der Waals surface area contributed by atoms with Crippen LogP contribution in [0.1, 0.15) is 24.1 Å². The zero-order valence-corrected chi connectivity index (χ0v) is 12.9. The standard InChI is InChI=1S/C16H15ClN2S/c1-10-4-3-5-14-15(10)18-16(20)19(14)11(2)12-6-8-13(17)9-7-12/h3-9,11H,1-2H3,(H,18,20). The highest BCUT2D eigenvalue weighted by atomic mass is 35.5. The van der Waals surface area contributed by atoms with Crippen molar-refractivity contribution in [3.05, 3.63) is 63.4 Å². The van der Waals surface area contributed by atoms with Crippen molar-refractivity contribution in [3.8, 4) is 0 Å². The quantitative estimate of drug-likeness (QED) is 0.640. The van der Waals surface area contributed by atoms with E-state index in [1.54, 1.807) is 0 Å². The molecule has 1 N–H and O–H groups in total. The van der Waals surface area contributed by atoms with E-state index in [9.17, 15) is 0 Å². The Morgan fingerprint density at radius 3 is 2.55 bits per heavy atom. The minimum absolute atomic E-state index is 0.162. The molecule has 2 nitrogen and oxygen atoms in total. The maximum atomic E-state index is 5.95. The summed E-state index contributed by atoms with van der Waals surface area (Å²) in [6.07, 6.45) is 0. The molecule has 2 aromatic carbocycles. The molecule has 0 aliphatic rings. The number of hydrogen-bond acceptors (Lipinski definition) is 1. The number of H-pyrrole nitrogens is 1. The highest BCUT2D eigenvalue weighted by molar-refractivity contribution is 7.71. The summed E-state index contributed by atoms with van der Waals surface area (Å²) in [5.41, 5.74) is 4.64. The Labute approximate surface area is 128 Å². The number of aryl methyl sites for hydroxylation is 1. The van der Waals surface area contributed by atoms with Crippen LogP contribution in [0.15, 0.2) is 42.5 Å². The van der Waals surface area contributed by atoms with Gasteiger partial charge in [0.05, 0.1) is 17.1 Å². The number of benzene rings is 2. The molecule has 0 saturated heterocycles. The van der Waals surface area contributed by atoms with Gasteiger partial charge in [-0.3, -0.25) is 0 Å². The van der Waals surface area contributed by atoms with Crippen LogP contribution < -0.4 is 0 Å². The molecule has 0 fully saturated rings. The van der Waals surface area contributed by atoms with Crippen LogP contribution in [0.25, 0.3) is 11.0 Å². The molecule has 20 heavy (non-hydrogen) atoms. The molecule has 1 heterocycles. The molecule has 0 aliphatic carbocycles. The van der Waals surface area contributed by atoms with Crippen molar-refractivity contribution < 1.29 is 0 Å². The fourth-order valence-corrected chi connectivity index (χ4v) is 3.05. The van der Waals surface area contributed by atoms with Crippen LogP contribution in [0.4, 0.5) is 0 Å². The fourth-order valence-electron chi connectivity index (χ4n) is 2.57. The molecule has 3 aromatic rings. The molecule has 0 aliphatic heterocycles. The van der Waals surface area contributed by atoms with Crippen molar-refractivity contribution in [3.63, 3.8) is 0 Å². The van der Waals surface area contributed by atoms with Gasteiger partial charge in [0.2, 0.25) is 0 Å². The third-order valence-corrected chi connectivity index (χ3v) is 4.25. The average molecular weight is 303 g/mol. The number of nitrogens with zero attached hydrogens (tertiary/aromatic N) is 1. The SMILES string of the molecule is Cc1cccc2c1[nH]c(=S)n2C(C)c1ccc(Cl)cc1. The first-order valence-corrected chi connectivity index (χ1v) is 7.32. The molecular weight excluding hydrogens is 288 g/mol. The first-order valence-electron chi connectivity index (χ1n) is 6.53. The minimum Gasteiger partial charge on any atom is -0.330 e. The van der Waals surface area contributed by atoms with E-state index < -0.39 is 0 Å². The van der Waals surface area contributed by atoms with Crippen molar-refractivity contribution in [2.75, 3.05) is 0 Å². The lowest BCUT2D eigenvalue weighted by Crippen LogP contribution is -2.06. The third kappa shape index (κ3) is 2.17. The highest BCUT2D eigenvalue weighted by Crippen LogP contribution is 2.26. The molecule has 0 radical (unpaired) electrons. The molecule has 1 atom stereocenters. The van der Waals surface area contributed by atoms with Crippen molar-refractivity contribution in [2.24, 2.45) is 0 Å². The van der Waals surface area contributed by atoms with E-state index in [-0.39, 0.29) is 6.04 Å². The van der Waals surface area contributed by atoms with Crippen LogP contribution in [-0.4, -0.2) is 9.55 Å². The molecule has 102 valence electrons. The van der Waals surface area contributed by atoms with Crippen molar-refractivity contribution in [1.29, 1.82) is 0 Å². The zero-order chi connectivity index (χ0) is 14.3. The Morgan fingerprint density at radius 1 is 1.15 bits per heavy atom. The molecule has 1 unspecified atom stereocenters. The van der Waals surface area contributed by atoms with E-state index in [2.05, 4.69) is 41.6 Å². The summed E-state index contributed by atoms with van der Waals surface area (Å²) in [5.74, 6) is 0. The van der Waals surface area contributed by atoms with E-state index in [1.165, 1.54) is 11.1 Å². The fraction of sp³-hybridized carbons (Fsp3) is 0.188. The number of imidazole rings is 1. The van der Waals surface area contributed by atoms with Crippen LogP contribution in [0, 0.1) is 11.7 Å². The molecule has 3 rings (SSSR count). The van der Waals surface area contributed by atoms with Gasteiger partial charge in [-0.1, -0.05) is 35.9 Å². The number of rotatable bonds is 2. The second kappa shape index (κ2) is 5.08. The van der Waals surface area contributed by atoms with Gasteiger partial charge in [0.25, 0.3) is 0 Å². The second-order valence-electron chi connectivity index (χ2n) is 5.00. The number of para-hydroxylation sites is 1. The van der Waals surface area contributed by atoms with Gasteiger partial charge in [-0.15, -0.1) is 0 Å². The number of halogens is 1. The van der Waals surface area contributed by atoms with Crippen molar-refractivity contribution in [1.82, 2.24) is 9.55 Å². The first kappa shape index (κ1) is 13.4. The van der Waals surface area contributed by atoms with Crippen LogP contribution >= 0.6 is 23.8 Å². The zero-order valence-electron chi connectivity index (χ0n) is 11.4. The molecule has 0 spiro atoms. The Balaban J connectivity index is 2.19. The first-order chi connectivity index (χ1) is 9.58. The summed E-state index contributed by atoms with van der Waals surface area (Å²) in [4.78, 5) is 3.31. The lowest BCUT2D eigenvalue weighted by molar-refractivity contribution is 0.649. The summed E-state index contributed by atoms with van der Waals surface area (Å²) < 4.78 is 2.90. The number of aromatic amines is 1. The predicted molar refractivity (Wildman–Crippen MR) is 87.1 cm³/mol. The topological polar surface area (TPSA) is 20.7 Å². The Bertz CT molecular complexity index is 815. The van der Waals surface area contributed by atoms with Crippen LogP contribution in [-0.2, 0) is 0 Å². The number of aromatic nitrogens is 2. The van der Waals surface area contributed by atoms with Gasteiger partial charge in [0, 0.05) is 5.02 Å². The van der Waals surface area contributed by atoms with Crippen molar-refractivity contribution in [2.45, 2.75) is 19.9 Å². The van der Waals surface area contributed by atoms with Gasteiger partial charge in [0.1, 0.15) is 0 Å². The second-order valence-corrected chi connectivity index (χ2v) is 5.82. The maximum Gasteiger partial charge on any atom is 0.178 e. The summed E-state index contributed by atoms with van der Waals surface area (Å²) in [5, 5.41) is 0.749. The summed E-state index contributed by atoms with van der Waals surface area (Å²) in [6, 6.07) is 14.3. The largest absolute Gasteiger partial charge is 0.330 e. The number of fused-ring (bicyclic) bond motifs is 1. The van der Waals surface area contributed by atoms with Gasteiger partial charge < -0.3 is 9.55 Å². The van der Waals surface area contributed by atoms with Crippen LogP contribution in [0.2, 0.25) is 5.02 Å².